The van der Waals surface area contributed by atoms with E-state index in [1.54, 1.807) is 24.3 Å². The predicted molar refractivity (Wildman–Crippen MR) is 119 cm³/mol. The molecule has 0 spiro atoms. The summed E-state index contributed by atoms with van der Waals surface area (Å²) in [6, 6.07) is 10.6. The van der Waals surface area contributed by atoms with Crippen LogP contribution in [0, 0.1) is 5.41 Å². The Morgan fingerprint density at radius 3 is 2.70 bits per heavy atom. The molecule has 0 saturated carbocycles. The molecule has 0 fully saturated rings. The van der Waals surface area contributed by atoms with E-state index in [1.807, 2.05) is 12.1 Å². The van der Waals surface area contributed by atoms with Crippen LogP contribution in [0.1, 0.15) is 12.7 Å². The van der Waals surface area contributed by atoms with Gasteiger partial charge in [-0.25, -0.2) is 13.3 Å². The van der Waals surface area contributed by atoms with Crippen molar-refractivity contribution in [3.63, 3.8) is 0 Å². The van der Waals surface area contributed by atoms with Gasteiger partial charge >= 0.3 is 0 Å². The number of aliphatic imine (C=N–C) groups is 1. The van der Waals surface area contributed by atoms with Crippen LogP contribution in [0.3, 0.4) is 0 Å². The third-order valence-corrected chi connectivity index (χ3v) is 7.66. The Balaban J connectivity index is 1.61. The molecule has 1 aromatic carbocycles. The van der Waals surface area contributed by atoms with E-state index in [2.05, 4.69) is 9.39 Å². The summed E-state index contributed by atoms with van der Waals surface area (Å²) < 4.78 is 34.2. The molecule has 12 heteroatoms. The van der Waals surface area contributed by atoms with Crippen LogP contribution in [0.2, 0.25) is 5.02 Å². The first kappa shape index (κ1) is 20.9. The second-order valence-corrected chi connectivity index (χ2v) is 10.4. The predicted octanol–water partition coefficient (Wildman–Crippen LogP) is 4.10. The molecule has 0 bridgehead atoms. The fraction of sp³-hybridized carbons (Fsp3) is 0.111. The third kappa shape index (κ3) is 3.97. The molecule has 8 nitrogen and oxygen atoms in total. The van der Waals surface area contributed by atoms with E-state index in [9.17, 15) is 13.2 Å². The van der Waals surface area contributed by atoms with Gasteiger partial charge in [-0.2, -0.15) is 9.39 Å². The quantitative estimate of drug-likeness (QED) is 0.517. The van der Waals surface area contributed by atoms with Gasteiger partial charge in [0.1, 0.15) is 11.6 Å². The molecular weight excluding hydrogens is 468 g/mol. The second kappa shape index (κ2) is 8.06. The molecule has 1 amide bonds. The maximum atomic E-state index is 12.4. The number of carbonyl (C=O) groups is 1. The zero-order valence-corrected chi connectivity index (χ0v) is 18.5. The molecule has 30 heavy (non-hydrogen) atoms. The number of hydrogen-bond acceptors (Lipinski definition) is 8. The van der Waals surface area contributed by atoms with Gasteiger partial charge in [-0.3, -0.25) is 10.2 Å². The first-order valence-corrected chi connectivity index (χ1v) is 12.2. The van der Waals surface area contributed by atoms with E-state index < -0.39 is 15.7 Å². The molecule has 0 aliphatic carbocycles. The number of amides is 1. The largest absolute Gasteiger partial charge is 0.450 e. The zero-order valence-electron chi connectivity index (χ0n) is 15.3. The van der Waals surface area contributed by atoms with Gasteiger partial charge in [-0.1, -0.05) is 30.3 Å². The van der Waals surface area contributed by atoms with Crippen LogP contribution >= 0.6 is 35.3 Å². The highest BCUT2D eigenvalue weighted by molar-refractivity contribution is 8.16. The summed E-state index contributed by atoms with van der Waals surface area (Å²) in [7, 11) is -3.69. The molecule has 2 aliphatic heterocycles. The highest BCUT2D eigenvalue weighted by Gasteiger charge is 2.42. The number of hydrogen-bond donors (Lipinski definition) is 1. The van der Waals surface area contributed by atoms with Crippen LogP contribution in [0.5, 0.6) is 0 Å². The Hall–Kier alpha value is -2.34. The summed E-state index contributed by atoms with van der Waals surface area (Å²) in [4.78, 5) is 18.3. The molecule has 0 radical (unpaired) electrons. The number of nitrogens with one attached hydrogen (secondary N) is 1. The van der Waals surface area contributed by atoms with E-state index in [0.717, 1.165) is 21.7 Å². The minimum Gasteiger partial charge on any atom is -0.450 e. The van der Waals surface area contributed by atoms with Crippen molar-refractivity contribution in [3.8, 4) is 0 Å². The zero-order chi connectivity index (χ0) is 21.5. The summed E-state index contributed by atoms with van der Waals surface area (Å²) in [5, 5.41) is 9.35. The van der Waals surface area contributed by atoms with E-state index in [0.29, 0.717) is 15.9 Å². The molecule has 154 valence electrons. The number of sulfone groups is 1. The van der Waals surface area contributed by atoms with Crippen molar-refractivity contribution >= 4 is 73.3 Å². The Kier molecular flexibility index (Phi) is 5.62. The van der Waals surface area contributed by atoms with Gasteiger partial charge in [-0.15, -0.1) is 0 Å². The fourth-order valence-electron chi connectivity index (χ4n) is 2.56. The molecule has 2 aliphatic rings. The van der Waals surface area contributed by atoms with Crippen LogP contribution in [-0.2, 0) is 14.6 Å². The maximum Gasteiger partial charge on any atom is 0.283 e. The van der Waals surface area contributed by atoms with Crippen LogP contribution in [0.25, 0.3) is 6.08 Å². The molecule has 1 N–H and O–H groups in total. The lowest BCUT2D eigenvalue weighted by atomic mass is 10.1. The average Bonchev–Trinajstić information content (AvgIpc) is 3.34. The summed E-state index contributed by atoms with van der Waals surface area (Å²) >= 11 is 8.01. The van der Waals surface area contributed by atoms with Crippen LogP contribution in [-0.4, -0.2) is 41.1 Å². The highest BCUT2D eigenvalue weighted by Crippen LogP contribution is 2.33. The standard InChI is InChI=1S/C18H13ClN4O4S3/c1-2-30(25,26)18-22-29-17-21-16(24)13(15(20)23(17)18)9-11-5-8-14(27-11)28-12-6-3-10(19)4-7-12/h3-9,20H,2H2,1H3/b13-9-,20-15?. The Morgan fingerprint density at radius 1 is 1.27 bits per heavy atom. The average molecular weight is 481 g/mol. The van der Waals surface area contributed by atoms with Crippen molar-refractivity contribution < 1.29 is 17.6 Å². The minimum atomic E-state index is -3.69. The van der Waals surface area contributed by atoms with Gasteiger partial charge in [-0.05, 0) is 42.5 Å². The molecule has 3 heterocycles. The molecule has 1 aromatic heterocycles. The first-order valence-electron chi connectivity index (χ1n) is 8.53. The number of furan rings is 1. The maximum absolute atomic E-state index is 12.4. The van der Waals surface area contributed by atoms with Gasteiger partial charge in [0.25, 0.3) is 5.91 Å². The second-order valence-electron chi connectivity index (χ2n) is 6.02. The normalized spacial score (nSPS) is 17.9. The van der Waals surface area contributed by atoms with Gasteiger partial charge in [0.2, 0.25) is 20.2 Å². The van der Waals surface area contributed by atoms with Crippen molar-refractivity contribution in [2.24, 2.45) is 9.39 Å². The number of rotatable bonds is 4. The third-order valence-electron chi connectivity index (χ3n) is 4.07. The smallest absolute Gasteiger partial charge is 0.283 e. The molecular formula is C18H13ClN4O4S3. The van der Waals surface area contributed by atoms with Gasteiger partial charge in [0.15, 0.2) is 5.09 Å². The van der Waals surface area contributed by atoms with Crippen molar-refractivity contribution in [1.82, 2.24) is 4.90 Å². The summed E-state index contributed by atoms with van der Waals surface area (Å²) in [5.74, 6) is -0.816. The molecule has 0 atom stereocenters. The number of nitrogens with zero attached hydrogens (tertiary/aromatic N) is 3. The lowest BCUT2D eigenvalue weighted by Gasteiger charge is -2.24. The number of carbonyl (C=O) groups excluding carboxylic acids is 1. The lowest BCUT2D eigenvalue weighted by Crippen LogP contribution is -2.45. The van der Waals surface area contributed by atoms with Crippen LogP contribution in [0.15, 0.2) is 65.8 Å². The van der Waals surface area contributed by atoms with Crippen LogP contribution in [0.4, 0.5) is 0 Å². The van der Waals surface area contributed by atoms with E-state index in [1.165, 1.54) is 24.8 Å². The molecule has 0 unspecified atom stereocenters. The van der Waals surface area contributed by atoms with Crippen molar-refractivity contribution in [2.75, 3.05) is 5.75 Å². The van der Waals surface area contributed by atoms with E-state index >= 15 is 0 Å². The monoisotopic (exact) mass is 480 g/mol. The fourth-order valence-corrected chi connectivity index (χ4v) is 5.42. The first-order chi connectivity index (χ1) is 14.3. The van der Waals surface area contributed by atoms with Crippen molar-refractivity contribution in [1.29, 1.82) is 5.41 Å². The van der Waals surface area contributed by atoms with Crippen molar-refractivity contribution in [2.45, 2.75) is 16.9 Å². The molecule has 2 aromatic rings. The topological polar surface area (TPSA) is 116 Å². The summed E-state index contributed by atoms with van der Waals surface area (Å²) in [5.41, 5.74) is -0.0855. The van der Waals surface area contributed by atoms with Crippen molar-refractivity contribution in [3.05, 3.63) is 52.8 Å². The molecule has 0 saturated heterocycles. The SMILES string of the molecule is CCS(=O)(=O)C1=NSC2=NC(=O)/C(=C\c3ccc(Sc4ccc(Cl)cc4)o3)C(=N)N21. The number of amidine groups is 3. The van der Waals surface area contributed by atoms with Crippen LogP contribution < -0.4 is 0 Å². The van der Waals surface area contributed by atoms with E-state index in [4.69, 9.17) is 21.4 Å². The minimum absolute atomic E-state index is 0.0487. The van der Waals surface area contributed by atoms with Gasteiger partial charge in [0, 0.05) is 9.92 Å². The van der Waals surface area contributed by atoms with Gasteiger partial charge < -0.3 is 4.42 Å². The Bertz CT molecular complexity index is 1250. The summed E-state index contributed by atoms with van der Waals surface area (Å²) in [6.07, 6.45) is 1.37. The summed E-state index contributed by atoms with van der Waals surface area (Å²) in [6.45, 7) is 1.48. The number of fused-ring (bicyclic) bond motifs is 1. The Morgan fingerprint density at radius 2 is 2.00 bits per heavy atom. The van der Waals surface area contributed by atoms with Gasteiger partial charge in [0.05, 0.1) is 23.3 Å². The highest BCUT2D eigenvalue weighted by atomic mass is 35.5. The number of benzene rings is 1. The van der Waals surface area contributed by atoms with E-state index in [-0.39, 0.29) is 27.5 Å². The lowest BCUT2D eigenvalue weighted by molar-refractivity contribution is -0.114. The number of halogens is 1. The molecule has 4 rings (SSSR count). The Labute approximate surface area is 185 Å².